The zero-order chi connectivity index (χ0) is 12.3. The SMILES string of the molecule is NC(Cc1cccc(F)c1)c1ccc(I)cc1. The van der Waals surface area contributed by atoms with Crippen LogP contribution in [0.1, 0.15) is 17.2 Å². The summed E-state index contributed by atoms with van der Waals surface area (Å²) in [5.74, 6) is -0.211. The van der Waals surface area contributed by atoms with Gasteiger partial charge in [0.1, 0.15) is 5.82 Å². The molecule has 3 heteroatoms. The van der Waals surface area contributed by atoms with Crippen LogP contribution in [-0.4, -0.2) is 0 Å². The van der Waals surface area contributed by atoms with Crippen LogP contribution in [0.15, 0.2) is 48.5 Å². The summed E-state index contributed by atoms with van der Waals surface area (Å²) >= 11 is 2.26. The quantitative estimate of drug-likeness (QED) is 0.847. The van der Waals surface area contributed by atoms with Crippen molar-refractivity contribution in [2.45, 2.75) is 12.5 Å². The molecule has 2 aromatic carbocycles. The van der Waals surface area contributed by atoms with Gasteiger partial charge in [0.05, 0.1) is 0 Å². The molecule has 0 fully saturated rings. The van der Waals surface area contributed by atoms with E-state index in [0.717, 1.165) is 11.1 Å². The van der Waals surface area contributed by atoms with Crippen LogP contribution < -0.4 is 5.73 Å². The fraction of sp³-hybridized carbons (Fsp3) is 0.143. The Balaban J connectivity index is 2.11. The summed E-state index contributed by atoms with van der Waals surface area (Å²) in [6.07, 6.45) is 0.651. The van der Waals surface area contributed by atoms with Gasteiger partial charge in [-0.1, -0.05) is 24.3 Å². The van der Waals surface area contributed by atoms with Gasteiger partial charge in [-0.05, 0) is 64.4 Å². The molecule has 88 valence electrons. The van der Waals surface area contributed by atoms with Crippen LogP contribution >= 0.6 is 22.6 Å². The van der Waals surface area contributed by atoms with E-state index in [-0.39, 0.29) is 11.9 Å². The van der Waals surface area contributed by atoms with Crippen molar-refractivity contribution >= 4 is 22.6 Å². The monoisotopic (exact) mass is 341 g/mol. The van der Waals surface area contributed by atoms with Crippen LogP contribution in [0.3, 0.4) is 0 Å². The van der Waals surface area contributed by atoms with Gasteiger partial charge in [0.25, 0.3) is 0 Å². The molecule has 2 aromatic rings. The van der Waals surface area contributed by atoms with Gasteiger partial charge >= 0.3 is 0 Å². The van der Waals surface area contributed by atoms with E-state index in [1.54, 1.807) is 6.07 Å². The fourth-order valence-corrected chi connectivity index (χ4v) is 2.11. The molecule has 0 aromatic heterocycles. The summed E-state index contributed by atoms with van der Waals surface area (Å²) in [7, 11) is 0. The molecule has 0 heterocycles. The summed E-state index contributed by atoms with van der Waals surface area (Å²) in [5, 5.41) is 0. The van der Waals surface area contributed by atoms with Crippen LogP contribution in [0.4, 0.5) is 4.39 Å². The number of hydrogen-bond donors (Lipinski definition) is 1. The first-order valence-corrected chi connectivity index (χ1v) is 6.48. The molecule has 2 N–H and O–H groups in total. The highest BCUT2D eigenvalue weighted by molar-refractivity contribution is 14.1. The minimum atomic E-state index is -0.211. The molecule has 0 saturated carbocycles. The molecule has 0 saturated heterocycles. The van der Waals surface area contributed by atoms with Gasteiger partial charge in [-0.2, -0.15) is 0 Å². The van der Waals surface area contributed by atoms with Gasteiger partial charge in [-0.15, -0.1) is 0 Å². The van der Waals surface area contributed by atoms with Crippen molar-refractivity contribution in [1.82, 2.24) is 0 Å². The Bertz CT molecular complexity index is 496. The van der Waals surface area contributed by atoms with E-state index in [2.05, 4.69) is 22.6 Å². The molecule has 1 nitrogen and oxygen atoms in total. The number of rotatable bonds is 3. The highest BCUT2D eigenvalue weighted by atomic mass is 127. The molecule has 0 aliphatic carbocycles. The van der Waals surface area contributed by atoms with Crippen molar-refractivity contribution < 1.29 is 4.39 Å². The molecule has 0 spiro atoms. The average Bonchev–Trinajstić information content (AvgIpc) is 2.29. The van der Waals surface area contributed by atoms with Crippen molar-refractivity contribution in [2.24, 2.45) is 5.73 Å². The summed E-state index contributed by atoms with van der Waals surface area (Å²) in [6, 6.07) is 14.6. The molecule has 1 unspecified atom stereocenters. The number of halogens is 2. The lowest BCUT2D eigenvalue weighted by molar-refractivity contribution is 0.622. The third kappa shape index (κ3) is 3.51. The van der Waals surface area contributed by atoms with Crippen LogP contribution in [0.2, 0.25) is 0 Å². The molecule has 0 aliphatic heterocycles. The van der Waals surface area contributed by atoms with E-state index in [1.165, 1.54) is 15.7 Å². The van der Waals surface area contributed by atoms with E-state index in [0.29, 0.717) is 6.42 Å². The average molecular weight is 341 g/mol. The standard InChI is InChI=1S/C14H13FIN/c15-12-3-1-2-10(8-12)9-14(17)11-4-6-13(16)7-5-11/h1-8,14H,9,17H2. The molecule has 0 radical (unpaired) electrons. The normalized spacial score (nSPS) is 12.4. The number of hydrogen-bond acceptors (Lipinski definition) is 1. The van der Waals surface area contributed by atoms with Crippen LogP contribution in [0, 0.1) is 9.39 Å². The molecule has 0 bridgehead atoms. The summed E-state index contributed by atoms with van der Waals surface area (Å²) in [6.45, 7) is 0. The summed E-state index contributed by atoms with van der Waals surface area (Å²) in [4.78, 5) is 0. The highest BCUT2D eigenvalue weighted by Crippen LogP contribution is 2.17. The lowest BCUT2D eigenvalue weighted by Crippen LogP contribution is -2.13. The summed E-state index contributed by atoms with van der Waals surface area (Å²) in [5.41, 5.74) is 8.11. The molecular formula is C14H13FIN. The second-order valence-electron chi connectivity index (χ2n) is 3.99. The van der Waals surface area contributed by atoms with Gasteiger partial charge in [0, 0.05) is 9.61 Å². The first kappa shape index (κ1) is 12.5. The van der Waals surface area contributed by atoms with Crippen molar-refractivity contribution in [1.29, 1.82) is 0 Å². The van der Waals surface area contributed by atoms with E-state index < -0.39 is 0 Å². The fourth-order valence-electron chi connectivity index (χ4n) is 1.75. The van der Waals surface area contributed by atoms with E-state index in [9.17, 15) is 4.39 Å². The van der Waals surface area contributed by atoms with Gasteiger partial charge in [0.2, 0.25) is 0 Å². The van der Waals surface area contributed by atoms with Crippen molar-refractivity contribution in [3.8, 4) is 0 Å². The Morgan fingerprint density at radius 2 is 1.82 bits per heavy atom. The van der Waals surface area contributed by atoms with Crippen LogP contribution in [-0.2, 0) is 6.42 Å². The third-order valence-corrected chi connectivity index (χ3v) is 3.36. The first-order chi connectivity index (χ1) is 8.15. The van der Waals surface area contributed by atoms with E-state index in [1.807, 2.05) is 30.3 Å². The molecule has 17 heavy (non-hydrogen) atoms. The second-order valence-corrected chi connectivity index (χ2v) is 5.24. The minimum absolute atomic E-state index is 0.0891. The molecule has 0 aliphatic rings. The van der Waals surface area contributed by atoms with Gasteiger partial charge in [-0.25, -0.2) is 4.39 Å². The maximum Gasteiger partial charge on any atom is 0.123 e. The predicted molar refractivity (Wildman–Crippen MR) is 76.2 cm³/mol. The summed E-state index contributed by atoms with van der Waals surface area (Å²) < 4.78 is 14.2. The maximum atomic E-state index is 13.0. The Morgan fingerprint density at radius 3 is 2.47 bits per heavy atom. The maximum absolute atomic E-state index is 13.0. The number of nitrogens with two attached hydrogens (primary N) is 1. The molecule has 2 rings (SSSR count). The Morgan fingerprint density at radius 1 is 1.12 bits per heavy atom. The topological polar surface area (TPSA) is 26.0 Å². The third-order valence-electron chi connectivity index (χ3n) is 2.64. The highest BCUT2D eigenvalue weighted by Gasteiger charge is 2.07. The van der Waals surface area contributed by atoms with Crippen LogP contribution in [0.5, 0.6) is 0 Å². The smallest absolute Gasteiger partial charge is 0.123 e. The zero-order valence-corrected chi connectivity index (χ0v) is 11.4. The predicted octanol–water partition coefficient (Wildman–Crippen LogP) is 3.67. The molecule has 0 amide bonds. The van der Waals surface area contributed by atoms with Crippen LogP contribution in [0.25, 0.3) is 0 Å². The number of benzene rings is 2. The van der Waals surface area contributed by atoms with Crippen molar-refractivity contribution in [3.63, 3.8) is 0 Å². The Hall–Kier alpha value is -0.940. The lowest BCUT2D eigenvalue weighted by atomic mass is 10.00. The van der Waals surface area contributed by atoms with Crippen molar-refractivity contribution in [2.75, 3.05) is 0 Å². The second kappa shape index (κ2) is 5.60. The van der Waals surface area contributed by atoms with E-state index in [4.69, 9.17) is 5.73 Å². The van der Waals surface area contributed by atoms with Gasteiger partial charge in [-0.3, -0.25) is 0 Å². The Labute approximate surface area is 114 Å². The van der Waals surface area contributed by atoms with Gasteiger partial charge in [0.15, 0.2) is 0 Å². The largest absolute Gasteiger partial charge is 0.324 e. The first-order valence-electron chi connectivity index (χ1n) is 5.40. The Kier molecular flexibility index (Phi) is 4.12. The molecule has 1 atom stereocenters. The lowest BCUT2D eigenvalue weighted by Gasteiger charge is -2.12. The van der Waals surface area contributed by atoms with E-state index >= 15 is 0 Å². The minimum Gasteiger partial charge on any atom is -0.324 e. The molecular weight excluding hydrogens is 328 g/mol. The van der Waals surface area contributed by atoms with Gasteiger partial charge < -0.3 is 5.73 Å². The zero-order valence-electron chi connectivity index (χ0n) is 9.24. The van der Waals surface area contributed by atoms with Crippen molar-refractivity contribution in [3.05, 3.63) is 69.0 Å².